The summed E-state index contributed by atoms with van der Waals surface area (Å²) in [6.45, 7) is 2.95. The summed E-state index contributed by atoms with van der Waals surface area (Å²) < 4.78 is 192. The first kappa shape index (κ1) is 67.3. The van der Waals surface area contributed by atoms with Gasteiger partial charge in [-0.15, -0.1) is 0 Å². The number of carboxylic acid groups (broad SMARTS) is 2. The van der Waals surface area contributed by atoms with Crippen LogP contribution in [0.2, 0.25) is 0 Å². The van der Waals surface area contributed by atoms with Crippen LogP contribution >= 0.6 is 11.8 Å². The number of amides is 2. The molecule has 0 saturated carbocycles. The van der Waals surface area contributed by atoms with E-state index >= 15 is 52.7 Å². The highest BCUT2D eigenvalue weighted by molar-refractivity contribution is 7.99. The summed E-state index contributed by atoms with van der Waals surface area (Å²) >= 11 is -0.735. The molecule has 85 heavy (non-hydrogen) atoms. The Kier molecular flexibility index (Phi) is 21.6. The summed E-state index contributed by atoms with van der Waals surface area (Å²) in [6.07, 6.45) is -28.0. The van der Waals surface area contributed by atoms with E-state index < -0.39 is 177 Å². The molecule has 2 fully saturated rings. The lowest BCUT2D eigenvalue weighted by atomic mass is 9.89. The second kappa shape index (κ2) is 27.3. The Morgan fingerprint density at radius 3 is 1.06 bits per heavy atom. The molecule has 14 nitrogen and oxygen atoms in total. The summed E-state index contributed by atoms with van der Waals surface area (Å²) in [4.78, 5) is 52.3. The van der Waals surface area contributed by atoms with E-state index in [-0.39, 0.29) is 74.4 Å². The monoisotopic (exact) mass is 1230 g/mol. The van der Waals surface area contributed by atoms with E-state index in [0.717, 1.165) is 21.9 Å². The van der Waals surface area contributed by atoms with Crippen LogP contribution in [-0.4, -0.2) is 141 Å². The number of aliphatic hydroxyl groups is 4. The zero-order valence-corrected chi connectivity index (χ0v) is 46.9. The number of hydrogen-bond acceptors (Lipinski definition) is 11. The molecule has 4 aromatic carbocycles. The van der Waals surface area contributed by atoms with Gasteiger partial charge in [-0.05, 0) is 135 Å². The molecule has 2 amide bonds. The number of nitrogens with zero attached hydrogens (tertiary/aromatic N) is 4. The number of piperidine rings is 2. The number of aliphatic hydroxyl groups excluding tert-OH is 4. The van der Waals surface area contributed by atoms with E-state index in [2.05, 4.69) is 0 Å². The van der Waals surface area contributed by atoms with Gasteiger partial charge < -0.3 is 50.2 Å². The summed E-state index contributed by atoms with van der Waals surface area (Å²) in [7, 11) is 0. The lowest BCUT2D eigenvalue weighted by Gasteiger charge is -2.32. The number of anilines is 2. The molecule has 0 aliphatic carbocycles. The number of aliphatic carboxylic acids is 2. The van der Waals surface area contributed by atoms with Crippen LogP contribution in [0, 0.1) is 11.8 Å². The van der Waals surface area contributed by atoms with Crippen LogP contribution in [0.4, 0.5) is 64.1 Å². The largest absolute Gasteiger partial charge is 0.481 e. The van der Waals surface area contributed by atoms with Gasteiger partial charge in [-0.2, -0.15) is 52.7 Å². The van der Waals surface area contributed by atoms with Gasteiger partial charge in [-0.3, -0.25) is 19.2 Å². The molecular formula is C58H62F12N4O10S. The van der Waals surface area contributed by atoms with E-state index in [9.17, 15) is 49.8 Å². The third kappa shape index (κ3) is 17.2. The van der Waals surface area contributed by atoms with Gasteiger partial charge in [-0.25, -0.2) is 0 Å². The molecule has 2 saturated heterocycles. The highest BCUT2D eigenvalue weighted by Crippen LogP contribution is 2.55. The molecule has 27 heteroatoms. The minimum Gasteiger partial charge on any atom is -0.481 e. The fraction of sp³-hybridized carbons (Fsp3) is 0.448. The van der Waals surface area contributed by atoms with Gasteiger partial charge in [0.25, 0.3) is 0 Å². The molecule has 6 rings (SSSR count). The Morgan fingerprint density at radius 1 is 0.506 bits per heavy atom. The first-order valence-electron chi connectivity index (χ1n) is 26.7. The van der Waals surface area contributed by atoms with Crippen LogP contribution in [-0.2, 0) is 43.9 Å². The van der Waals surface area contributed by atoms with Crippen LogP contribution < -0.4 is 9.80 Å². The lowest BCUT2D eigenvalue weighted by molar-refractivity contribution is -0.164. The number of benzene rings is 4. The lowest BCUT2D eigenvalue weighted by Crippen LogP contribution is -2.39. The Morgan fingerprint density at radius 2 is 0.800 bits per heavy atom. The maximum atomic E-state index is 16.0. The highest BCUT2D eigenvalue weighted by atomic mass is 32.2. The standard InChI is InChI=1S/C58H62F12N4O10S/c1-31(75)27-73(28-32(2)76)47(79)13-11-41-43(37-7-5-9-39(23-37)71-19-15-35(16-20-71)53(81)82)25-45(51(57(65,66)67)49(41)55(59,60)61)85-46-26-44(38-8-6-10-40(24-38)72-21-17-36(18-22-72)54(83)84)42(50(56(62,63)64)52(46)58(68,69)70)12-14-48(80)74(29-33(3)77)30-34(4)78/h5-14,23-26,31-36,75-78H,15-22,27-30H2,1-4H3,(H,81,82)(H,83,84). The van der Waals surface area contributed by atoms with Crippen LogP contribution in [0.3, 0.4) is 0 Å². The third-order valence-corrected chi connectivity index (χ3v) is 15.2. The number of carbonyl (C=O) groups is 4. The van der Waals surface area contributed by atoms with E-state index in [1.54, 1.807) is 9.80 Å². The molecule has 0 radical (unpaired) electrons. The van der Waals surface area contributed by atoms with Crippen LogP contribution in [0.1, 0.15) is 86.8 Å². The molecule has 0 bridgehead atoms. The predicted molar refractivity (Wildman–Crippen MR) is 291 cm³/mol. The van der Waals surface area contributed by atoms with Gasteiger partial charge in [0, 0.05) is 85.7 Å². The van der Waals surface area contributed by atoms with Crippen molar-refractivity contribution in [3.63, 3.8) is 0 Å². The third-order valence-electron chi connectivity index (χ3n) is 14.1. The average molecular weight is 1240 g/mol. The molecule has 2 aliphatic rings. The second-order valence-corrected chi connectivity index (χ2v) is 22.2. The number of alkyl halides is 12. The van der Waals surface area contributed by atoms with Gasteiger partial charge >= 0.3 is 36.6 Å². The fourth-order valence-electron chi connectivity index (χ4n) is 10.4. The summed E-state index contributed by atoms with van der Waals surface area (Å²) in [5.41, 5.74) is -15.4. The molecule has 2 aliphatic heterocycles. The summed E-state index contributed by atoms with van der Waals surface area (Å²) in [5.74, 6) is -6.24. The molecule has 6 N–H and O–H groups in total. The summed E-state index contributed by atoms with van der Waals surface area (Å²) in [6, 6.07) is 10.8. The zero-order chi connectivity index (χ0) is 63.3. The van der Waals surface area contributed by atoms with Crippen molar-refractivity contribution in [2.75, 3.05) is 62.2 Å². The normalized spacial score (nSPS) is 16.7. The number of halogens is 12. The Hall–Kier alpha value is -6.81. The first-order chi connectivity index (χ1) is 39.5. The molecule has 4 aromatic rings. The van der Waals surface area contributed by atoms with E-state index in [4.69, 9.17) is 0 Å². The number of rotatable bonds is 20. The first-order valence-corrected chi connectivity index (χ1v) is 27.5. The SMILES string of the molecule is CC(O)CN(CC(C)O)C(=O)C=Cc1c(-c2cccc(N3CCC(C(=O)O)CC3)c2)cc(Sc2cc(-c3cccc(N4CCC(C(=O)O)CC4)c3)c(C=CC(=O)N(CC(C)O)CC(C)O)c(C(F)(F)F)c2C(F)(F)F)c(C(F)(F)F)c1C(F)(F)F. The molecule has 0 spiro atoms. The van der Waals surface area contributed by atoms with E-state index in [1.807, 2.05) is 0 Å². The second-order valence-electron chi connectivity index (χ2n) is 21.1. The molecule has 464 valence electrons. The van der Waals surface area contributed by atoms with Crippen molar-refractivity contribution < 1.29 is 103 Å². The van der Waals surface area contributed by atoms with E-state index in [1.165, 1.54) is 64.1 Å². The van der Waals surface area contributed by atoms with Gasteiger partial charge in [-0.1, -0.05) is 36.0 Å². The minimum absolute atomic E-state index is 0.0591. The van der Waals surface area contributed by atoms with Crippen molar-refractivity contribution >= 4 is 59.0 Å². The maximum absolute atomic E-state index is 16.0. The maximum Gasteiger partial charge on any atom is 0.418 e. The van der Waals surface area contributed by atoms with Crippen molar-refractivity contribution in [1.29, 1.82) is 0 Å². The Labute approximate surface area is 484 Å². The van der Waals surface area contributed by atoms with Crippen molar-refractivity contribution in [3.8, 4) is 22.3 Å². The number of carboxylic acids is 2. The molecule has 0 aromatic heterocycles. The van der Waals surface area contributed by atoms with Gasteiger partial charge in [0.2, 0.25) is 11.8 Å². The Bertz CT molecular complexity index is 2900. The highest BCUT2D eigenvalue weighted by Gasteiger charge is 2.51. The van der Waals surface area contributed by atoms with Crippen LogP contribution in [0.25, 0.3) is 34.4 Å². The summed E-state index contributed by atoms with van der Waals surface area (Å²) in [5, 5.41) is 59.7. The minimum atomic E-state index is -6.21. The van der Waals surface area contributed by atoms with Crippen molar-refractivity contribution in [3.05, 3.63) is 106 Å². The van der Waals surface area contributed by atoms with E-state index in [0.29, 0.717) is 36.4 Å². The smallest absolute Gasteiger partial charge is 0.418 e. The van der Waals surface area contributed by atoms with Gasteiger partial charge in [0.1, 0.15) is 0 Å². The predicted octanol–water partition coefficient (Wildman–Crippen LogP) is 11.1. The van der Waals surface area contributed by atoms with Crippen LogP contribution in [0.15, 0.2) is 82.6 Å². The average Bonchev–Trinajstić information content (AvgIpc) is 0.904. The molecular weight excluding hydrogens is 1170 g/mol. The van der Waals surface area contributed by atoms with Crippen molar-refractivity contribution in [1.82, 2.24) is 9.80 Å². The molecule has 2 heterocycles. The number of carbonyl (C=O) groups excluding carboxylic acids is 2. The zero-order valence-electron chi connectivity index (χ0n) is 46.1. The molecule has 4 atom stereocenters. The van der Waals surface area contributed by atoms with Crippen LogP contribution in [0.5, 0.6) is 0 Å². The molecule has 4 unspecified atom stereocenters. The van der Waals surface area contributed by atoms with Crippen molar-refractivity contribution in [2.24, 2.45) is 11.8 Å². The number of hydrogen-bond donors (Lipinski definition) is 6. The quantitative estimate of drug-likeness (QED) is 0.0361. The fourth-order valence-corrected chi connectivity index (χ4v) is 11.6. The van der Waals surface area contributed by atoms with Gasteiger partial charge in [0.05, 0.1) is 58.5 Å². The Balaban J connectivity index is 1.74. The van der Waals surface area contributed by atoms with Crippen molar-refractivity contribution in [2.45, 2.75) is 112 Å². The van der Waals surface area contributed by atoms with Gasteiger partial charge in [0.15, 0.2) is 0 Å². The topological polar surface area (TPSA) is 203 Å².